The molecule has 33 heavy (non-hydrogen) atoms. The fourth-order valence-electron chi connectivity index (χ4n) is 5.21. The van der Waals surface area contributed by atoms with Crippen LogP contribution >= 0.6 is 11.3 Å². The average Bonchev–Trinajstić information content (AvgIpc) is 3.64. The van der Waals surface area contributed by atoms with Crippen molar-refractivity contribution in [1.29, 1.82) is 0 Å². The highest BCUT2D eigenvalue weighted by atomic mass is 32.1. The van der Waals surface area contributed by atoms with E-state index < -0.39 is 0 Å². The van der Waals surface area contributed by atoms with Gasteiger partial charge in [0.15, 0.2) is 0 Å². The van der Waals surface area contributed by atoms with Gasteiger partial charge in [0.2, 0.25) is 0 Å². The second kappa shape index (κ2) is 8.28. The number of anilines is 1. The van der Waals surface area contributed by atoms with Gasteiger partial charge in [-0.25, -0.2) is 9.97 Å². The van der Waals surface area contributed by atoms with Crippen LogP contribution in [0.15, 0.2) is 24.3 Å². The van der Waals surface area contributed by atoms with E-state index in [1.807, 2.05) is 40.5 Å². The summed E-state index contributed by atoms with van der Waals surface area (Å²) in [6, 6.07) is 7.49. The fraction of sp³-hybridized carbons (Fsp3) is 0.500. The summed E-state index contributed by atoms with van der Waals surface area (Å²) in [6.07, 6.45) is 5.93. The minimum absolute atomic E-state index is 0.0421. The molecule has 1 saturated heterocycles. The van der Waals surface area contributed by atoms with Gasteiger partial charge in [0, 0.05) is 37.0 Å². The van der Waals surface area contributed by atoms with E-state index in [9.17, 15) is 4.79 Å². The van der Waals surface area contributed by atoms with Crippen LogP contribution in [0.1, 0.15) is 58.7 Å². The molecule has 172 valence electrons. The first kappa shape index (κ1) is 20.9. The fourth-order valence-corrected chi connectivity index (χ4v) is 6.59. The quantitative estimate of drug-likeness (QED) is 0.564. The van der Waals surface area contributed by atoms with E-state index in [4.69, 9.17) is 14.7 Å². The predicted molar refractivity (Wildman–Crippen MR) is 132 cm³/mol. The van der Waals surface area contributed by atoms with Gasteiger partial charge in [0.25, 0.3) is 5.91 Å². The number of methoxy groups -OCH3 is 1. The van der Waals surface area contributed by atoms with Crippen LogP contribution in [-0.2, 0) is 12.8 Å². The lowest BCUT2D eigenvalue weighted by atomic mass is 9.89. The van der Waals surface area contributed by atoms with Gasteiger partial charge < -0.3 is 14.5 Å². The second-order valence-corrected chi connectivity index (χ2v) is 10.8. The van der Waals surface area contributed by atoms with Crippen molar-refractivity contribution in [3.63, 3.8) is 0 Å². The zero-order chi connectivity index (χ0) is 22.5. The number of thiophene rings is 1. The van der Waals surface area contributed by atoms with Crippen LogP contribution in [-0.4, -0.2) is 54.1 Å². The number of aromatic nitrogens is 2. The van der Waals surface area contributed by atoms with E-state index in [2.05, 4.69) is 11.8 Å². The predicted octanol–water partition coefficient (Wildman–Crippen LogP) is 4.66. The van der Waals surface area contributed by atoms with E-state index in [1.54, 1.807) is 7.11 Å². The van der Waals surface area contributed by atoms with Crippen molar-refractivity contribution >= 4 is 33.3 Å². The molecule has 2 fully saturated rings. The zero-order valence-electron chi connectivity index (χ0n) is 19.3. The number of ether oxygens (including phenoxy) is 1. The highest BCUT2D eigenvalue weighted by Crippen LogP contribution is 2.44. The van der Waals surface area contributed by atoms with Gasteiger partial charge in [-0.2, -0.15) is 0 Å². The molecule has 1 amide bonds. The number of aryl methyl sites for hydroxylation is 1. The minimum atomic E-state index is 0.0421. The van der Waals surface area contributed by atoms with E-state index >= 15 is 0 Å². The maximum absolute atomic E-state index is 13.2. The lowest BCUT2D eigenvalue weighted by Crippen LogP contribution is -2.49. The van der Waals surface area contributed by atoms with E-state index in [-0.39, 0.29) is 5.91 Å². The summed E-state index contributed by atoms with van der Waals surface area (Å²) in [5, 5.41) is 1.29. The molecule has 6 rings (SSSR count). The van der Waals surface area contributed by atoms with Crippen LogP contribution in [0.2, 0.25) is 0 Å². The van der Waals surface area contributed by atoms with Crippen molar-refractivity contribution in [3.8, 4) is 5.75 Å². The maximum atomic E-state index is 13.2. The Bertz CT molecular complexity index is 1210. The van der Waals surface area contributed by atoms with Gasteiger partial charge in [-0.3, -0.25) is 4.79 Å². The molecule has 1 atom stereocenters. The molecule has 2 aromatic heterocycles. The molecule has 2 aliphatic carbocycles. The number of piperazine rings is 1. The highest BCUT2D eigenvalue weighted by Gasteiger charge is 2.33. The van der Waals surface area contributed by atoms with Gasteiger partial charge in [0.05, 0.1) is 18.1 Å². The summed E-state index contributed by atoms with van der Waals surface area (Å²) in [4.78, 5) is 30.4. The van der Waals surface area contributed by atoms with Gasteiger partial charge >= 0.3 is 0 Å². The Morgan fingerprint density at radius 3 is 2.64 bits per heavy atom. The first-order valence-electron chi connectivity index (χ1n) is 12.1. The van der Waals surface area contributed by atoms with Crippen LogP contribution in [0.4, 0.5) is 5.82 Å². The number of benzene rings is 1. The first-order valence-corrected chi connectivity index (χ1v) is 12.9. The summed E-state index contributed by atoms with van der Waals surface area (Å²) in [5.41, 5.74) is 2.12. The number of amides is 1. The van der Waals surface area contributed by atoms with Gasteiger partial charge in [-0.1, -0.05) is 19.1 Å². The van der Waals surface area contributed by atoms with Crippen LogP contribution in [0.5, 0.6) is 5.75 Å². The molecule has 0 bridgehead atoms. The average molecular weight is 463 g/mol. The van der Waals surface area contributed by atoms with E-state index in [0.717, 1.165) is 43.5 Å². The third-order valence-corrected chi connectivity index (χ3v) is 8.45. The molecule has 1 aromatic carbocycles. The van der Waals surface area contributed by atoms with Crippen molar-refractivity contribution in [3.05, 3.63) is 46.1 Å². The molecule has 1 saturated carbocycles. The lowest BCUT2D eigenvalue weighted by molar-refractivity contribution is 0.0743. The Labute approximate surface area is 198 Å². The Kier molecular flexibility index (Phi) is 5.24. The highest BCUT2D eigenvalue weighted by molar-refractivity contribution is 7.19. The molecule has 7 heteroatoms. The Morgan fingerprint density at radius 2 is 1.88 bits per heavy atom. The Hall–Kier alpha value is -2.67. The third-order valence-electron chi connectivity index (χ3n) is 7.30. The summed E-state index contributed by atoms with van der Waals surface area (Å²) in [7, 11) is 1.62. The molecular formula is C26H30N4O2S. The smallest absolute Gasteiger partial charge is 0.257 e. The molecule has 3 aliphatic rings. The van der Waals surface area contributed by atoms with Crippen LogP contribution in [0, 0.1) is 5.92 Å². The molecule has 3 aromatic rings. The Balaban J connectivity index is 1.29. The van der Waals surface area contributed by atoms with Crippen molar-refractivity contribution < 1.29 is 9.53 Å². The number of hydrogen-bond acceptors (Lipinski definition) is 6. The largest absolute Gasteiger partial charge is 0.496 e. The number of nitrogens with zero attached hydrogens (tertiary/aromatic N) is 4. The zero-order valence-corrected chi connectivity index (χ0v) is 20.2. The van der Waals surface area contributed by atoms with Gasteiger partial charge in [0.1, 0.15) is 22.2 Å². The van der Waals surface area contributed by atoms with Crippen molar-refractivity contribution in [2.45, 2.75) is 44.9 Å². The summed E-state index contributed by atoms with van der Waals surface area (Å²) >= 11 is 1.89. The number of carbonyl (C=O) groups is 1. The molecule has 1 aliphatic heterocycles. The SMILES string of the molecule is COc1ccccc1C(=O)N1CCN(c2nc(C3CC3)nc3sc4c(c23)CC[C@H](C)C4)CC1. The molecule has 0 N–H and O–H groups in total. The van der Waals surface area contributed by atoms with Crippen LogP contribution in [0.3, 0.4) is 0 Å². The van der Waals surface area contributed by atoms with Crippen molar-refractivity contribution in [2.75, 3.05) is 38.2 Å². The standard InChI is InChI=1S/C26H30N4O2S/c1-16-7-10-19-21(15-16)33-25-22(19)24(27-23(28-25)17-8-9-17)29-11-13-30(14-12-29)26(31)18-5-3-4-6-20(18)32-2/h3-6,16-17H,7-15H2,1-2H3/t16-/m0/s1. The molecular weight excluding hydrogens is 432 g/mol. The van der Waals surface area contributed by atoms with Crippen LogP contribution < -0.4 is 9.64 Å². The van der Waals surface area contributed by atoms with Crippen molar-refractivity contribution in [2.24, 2.45) is 5.92 Å². The number of para-hydroxylation sites is 1. The molecule has 6 nitrogen and oxygen atoms in total. The maximum Gasteiger partial charge on any atom is 0.257 e. The number of fused-ring (bicyclic) bond motifs is 3. The summed E-state index contributed by atoms with van der Waals surface area (Å²) in [6.45, 7) is 5.30. The third kappa shape index (κ3) is 3.76. The van der Waals surface area contributed by atoms with E-state index in [0.29, 0.717) is 30.3 Å². The molecule has 0 spiro atoms. The first-order chi connectivity index (χ1) is 16.1. The number of hydrogen-bond donors (Lipinski definition) is 0. The van der Waals surface area contributed by atoms with Gasteiger partial charge in [-0.05, 0) is 55.7 Å². The summed E-state index contributed by atoms with van der Waals surface area (Å²) < 4.78 is 5.42. The lowest BCUT2D eigenvalue weighted by Gasteiger charge is -2.36. The molecule has 0 unspecified atom stereocenters. The van der Waals surface area contributed by atoms with Gasteiger partial charge in [-0.15, -0.1) is 11.3 Å². The number of rotatable bonds is 4. The molecule has 0 radical (unpaired) electrons. The van der Waals surface area contributed by atoms with Crippen molar-refractivity contribution in [1.82, 2.24) is 14.9 Å². The Morgan fingerprint density at radius 1 is 1.09 bits per heavy atom. The normalized spacial score (nSPS) is 20.7. The monoisotopic (exact) mass is 462 g/mol. The second-order valence-electron chi connectivity index (χ2n) is 9.69. The molecule has 3 heterocycles. The van der Waals surface area contributed by atoms with Crippen LogP contribution in [0.25, 0.3) is 10.2 Å². The topological polar surface area (TPSA) is 58.6 Å². The number of carbonyl (C=O) groups excluding carboxylic acids is 1. The summed E-state index contributed by atoms with van der Waals surface area (Å²) in [5.74, 6) is 4.08. The van der Waals surface area contributed by atoms with E-state index in [1.165, 1.54) is 39.9 Å². The minimum Gasteiger partial charge on any atom is -0.496 e.